The largest absolute Gasteiger partial charge is 0.471 e. The first-order valence-corrected chi connectivity index (χ1v) is 10.0. The molecule has 0 spiro atoms. The lowest BCUT2D eigenvalue weighted by Gasteiger charge is -2.35. The number of thioether (sulfide) groups is 1. The Labute approximate surface area is 159 Å². The molecule has 0 radical (unpaired) electrons. The number of rotatable bonds is 8. The van der Waals surface area contributed by atoms with Crippen molar-refractivity contribution in [3.8, 4) is 5.75 Å². The van der Waals surface area contributed by atoms with Gasteiger partial charge in [0.1, 0.15) is 18.1 Å². The molecule has 0 saturated heterocycles. The standard InChI is InChI=1S/C21H25NO3S/c1-3-24-19(15-23)14-17-8-10-18(11-9-17)25-16(2)22-12-13-26-21-7-5-4-6-20(21)22/h4-11,15-16,19H,3,12-14H2,1-2H3/t16?,19-/m0/s1. The van der Waals surface area contributed by atoms with E-state index in [2.05, 4.69) is 36.1 Å². The van der Waals surface area contributed by atoms with Crippen LogP contribution in [0.3, 0.4) is 0 Å². The van der Waals surface area contributed by atoms with Crippen LogP contribution >= 0.6 is 11.8 Å². The number of para-hydroxylation sites is 1. The maximum atomic E-state index is 11.0. The third-order valence-electron chi connectivity index (χ3n) is 4.40. The highest BCUT2D eigenvalue weighted by Crippen LogP contribution is 2.35. The zero-order valence-corrected chi connectivity index (χ0v) is 16.1. The van der Waals surface area contributed by atoms with E-state index in [4.69, 9.17) is 9.47 Å². The molecule has 1 unspecified atom stereocenters. The van der Waals surface area contributed by atoms with E-state index in [0.29, 0.717) is 13.0 Å². The van der Waals surface area contributed by atoms with Crippen LogP contribution in [0.4, 0.5) is 5.69 Å². The van der Waals surface area contributed by atoms with Gasteiger partial charge in [0.15, 0.2) is 6.23 Å². The number of carbonyl (C=O) groups excluding carboxylic acids is 1. The topological polar surface area (TPSA) is 38.8 Å². The first-order valence-electron chi connectivity index (χ1n) is 9.02. The zero-order valence-electron chi connectivity index (χ0n) is 15.3. The molecule has 5 heteroatoms. The molecule has 3 rings (SSSR count). The summed E-state index contributed by atoms with van der Waals surface area (Å²) in [5.74, 6) is 1.89. The molecule has 1 heterocycles. The Balaban J connectivity index is 1.63. The molecule has 26 heavy (non-hydrogen) atoms. The van der Waals surface area contributed by atoms with Gasteiger partial charge in [-0.15, -0.1) is 11.8 Å². The fraction of sp³-hybridized carbons (Fsp3) is 0.381. The molecule has 2 aromatic rings. The number of aldehydes is 1. The number of hydrogen-bond donors (Lipinski definition) is 0. The van der Waals surface area contributed by atoms with Gasteiger partial charge in [-0.25, -0.2) is 0 Å². The molecule has 0 fully saturated rings. The van der Waals surface area contributed by atoms with Gasteiger partial charge in [0, 0.05) is 30.2 Å². The van der Waals surface area contributed by atoms with Crippen LogP contribution in [0.25, 0.3) is 0 Å². The second-order valence-corrected chi connectivity index (χ2v) is 7.34. The Bertz CT molecular complexity index is 719. The van der Waals surface area contributed by atoms with Gasteiger partial charge in [-0.3, -0.25) is 0 Å². The van der Waals surface area contributed by atoms with Crippen molar-refractivity contribution >= 4 is 23.7 Å². The molecule has 1 aliphatic rings. The van der Waals surface area contributed by atoms with Crippen molar-refractivity contribution < 1.29 is 14.3 Å². The molecule has 138 valence electrons. The molecule has 0 amide bonds. The van der Waals surface area contributed by atoms with Crippen molar-refractivity contribution in [1.82, 2.24) is 0 Å². The van der Waals surface area contributed by atoms with Crippen molar-refractivity contribution in [2.45, 2.75) is 37.5 Å². The molecule has 0 aromatic heterocycles. The van der Waals surface area contributed by atoms with Crippen molar-refractivity contribution in [3.63, 3.8) is 0 Å². The highest BCUT2D eigenvalue weighted by Gasteiger charge is 2.22. The van der Waals surface area contributed by atoms with Crippen LogP contribution in [0.15, 0.2) is 53.4 Å². The summed E-state index contributed by atoms with van der Waals surface area (Å²) in [5.41, 5.74) is 2.30. The minimum atomic E-state index is -0.381. The summed E-state index contributed by atoms with van der Waals surface area (Å²) in [6.45, 7) is 5.48. The highest BCUT2D eigenvalue weighted by molar-refractivity contribution is 7.99. The zero-order chi connectivity index (χ0) is 18.4. The van der Waals surface area contributed by atoms with Crippen molar-refractivity contribution in [3.05, 3.63) is 54.1 Å². The molecule has 1 aliphatic heterocycles. The van der Waals surface area contributed by atoms with E-state index in [1.54, 1.807) is 0 Å². The molecular weight excluding hydrogens is 346 g/mol. The molecule has 0 aliphatic carbocycles. The van der Waals surface area contributed by atoms with Gasteiger partial charge in [-0.05, 0) is 43.7 Å². The maximum Gasteiger partial charge on any atom is 0.169 e. The number of anilines is 1. The Hall–Kier alpha value is -1.98. The van der Waals surface area contributed by atoms with E-state index < -0.39 is 0 Å². The van der Waals surface area contributed by atoms with E-state index in [9.17, 15) is 4.79 Å². The molecular formula is C21H25NO3S. The number of fused-ring (bicyclic) bond motifs is 1. The SMILES string of the molecule is CCO[C@H](C=O)Cc1ccc(OC(C)N2CCSc3ccccc32)cc1. The number of carbonyl (C=O) groups is 1. The fourth-order valence-electron chi connectivity index (χ4n) is 3.13. The molecule has 0 saturated carbocycles. The van der Waals surface area contributed by atoms with Gasteiger partial charge in [-0.1, -0.05) is 24.3 Å². The first kappa shape index (κ1) is 18.8. The minimum Gasteiger partial charge on any atom is -0.471 e. The summed E-state index contributed by atoms with van der Waals surface area (Å²) in [7, 11) is 0. The normalized spacial score (nSPS) is 15.8. The van der Waals surface area contributed by atoms with E-state index in [1.807, 2.05) is 43.0 Å². The Morgan fingerprint density at radius 3 is 2.69 bits per heavy atom. The third-order valence-corrected chi connectivity index (χ3v) is 5.45. The van der Waals surface area contributed by atoms with Gasteiger partial charge < -0.3 is 19.2 Å². The highest BCUT2D eigenvalue weighted by atomic mass is 32.2. The lowest BCUT2D eigenvalue weighted by Crippen LogP contribution is -2.40. The van der Waals surface area contributed by atoms with Crippen molar-refractivity contribution in [1.29, 1.82) is 0 Å². The third kappa shape index (κ3) is 4.59. The summed E-state index contributed by atoms with van der Waals surface area (Å²) in [4.78, 5) is 14.6. The minimum absolute atomic E-state index is 0.0472. The second kappa shape index (κ2) is 9.10. The lowest BCUT2D eigenvalue weighted by atomic mass is 10.1. The van der Waals surface area contributed by atoms with Gasteiger partial charge >= 0.3 is 0 Å². The monoisotopic (exact) mass is 371 g/mol. The summed E-state index contributed by atoms with van der Waals surface area (Å²) in [6.07, 6.45) is 1.02. The summed E-state index contributed by atoms with van der Waals surface area (Å²) in [5, 5.41) is 0. The predicted octanol–water partition coefficient (Wildman–Crippen LogP) is 4.17. The Morgan fingerprint density at radius 1 is 1.19 bits per heavy atom. The predicted molar refractivity (Wildman–Crippen MR) is 106 cm³/mol. The van der Waals surface area contributed by atoms with Crippen molar-refractivity contribution in [2.75, 3.05) is 23.8 Å². The van der Waals surface area contributed by atoms with Gasteiger partial charge in [0.25, 0.3) is 0 Å². The Morgan fingerprint density at radius 2 is 1.96 bits per heavy atom. The second-order valence-electron chi connectivity index (χ2n) is 6.20. The number of nitrogens with zero attached hydrogens (tertiary/aromatic N) is 1. The summed E-state index contributed by atoms with van der Waals surface area (Å²) in [6, 6.07) is 16.4. The summed E-state index contributed by atoms with van der Waals surface area (Å²) >= 11 is 1.89. The van der Waals surface area contributed by atoms with E-state index in [-0.39, 0.29) is 12.3 Å². The smallest absolute Gasteiger partial charge is 0.169 e. The van der Waals surface area contributed by atoms with Crippen LogP contribution in [0.2, 0.25) is 0 Å². The summed E-state index contributed by atoms with van der Waals surface area (Å²) < 4.78 is 11.6. The van der Waals surface area contributed by atoms with E-state index in [0.717, 1.165) is 29.9 Å². The van der Waals surface area contributed by atoms with Gasteiger partial charge in [0.2, 0.25) is 0 Å². The molecule has 0 N–H and O–H groups in total. The molecule has 2 atom stereocenters. The van der Waals surface area contributed by atoms with E-state index >= 15 is 0 Å². The van der Waals surface area contributed by atoms with Crippen molar-refractivity contribution in [2.24, 2.45) is 0 Å². The quantitative estimate of drug-likeness (QED) is 0.651. The van der Waals surface area contributed by atoms with Crippen LogP contribution in [0, 0.1) is 0 Å². The average Bonchev–Trinajstić information content (AvgIpc) is 2.68. The van der Waals surface area contributed by atoms with Crippen LogP contribution < -0.4 is 9.64 Å². The molecule has 4 nitrogen and oxygen atoms in total. The number of ether oxygens (including phenoxy) is 2. The van der Waals surface area contributed by atoms with Crippen LogP contribution in [-0.4, -0.2) is 37.5 Å². The van der Waals surface area contributed by atoms with Gasteiger partial charge in [-0.2, -0.15) is 0 Å². The van der Waals surface area contributed by atoms with Crippen LogP contribution in [0.5, 0.6) is 5.75 Å². The molecule has 2 aromatic carbocycles. The van der Waals surface area contributed by atoms with Crippen LogP contribution in [-0.2, 0) is 16.0 Å². The van der Waals surface area contributed by atoms with Gasteiger partial charge in [0.05, 0.1) is 5.69 Å². The van der Waals surface area contributed by atoms with Crippen LogP contribution in [0.1, 0.15) is 19.4 Å². The lowest BCUT2D eigenvalue weighted by molar-refractivity contribution is -0.117. The fourth-order valence-corrected chi connectivity index (χ4v) is 4.14. The Kier molecular flexibility index (Phi) is 6.58. The van der Waals surface area contributed by atoms with E-state index in [1.165, 1.54) is 10.6 Å². The number of hydrogen-bond acceptors (Lipinski definition) is 5. The maximum absolute atomic E-state index is 11.0. The average molecular weight is 372 g/mol. The number of benzene rings is 2. The first-order chi connectivity index (χ1) is 12.7. The molecule has 0 bridgehead atoms.